The number of aryl methyl sites for hydroxylation is 1. The van der Waals surface area contributed by atoms with Crippen LogP contribution in [0, 0.1) is 6.92 Å². The first-order valence-electron chi connectivity index (χ1n) is 10.6. The van der Waals surface area contributed by atoms with Crippen molar-refractivity contribution in [3.05, 3.63) is 64.7 Å². The minimum atomic E-state index is 0.0785. The molecule has 0 aromatic heterocycles. The summed E-state index contributed by atoms with van der Waals surface area (Å²) < 4.78 is 5.55. The Kier molecular flexibility index (Phi) is 6.16. The van der Waals surface area contributed by atoms with Crippen LogP contribution < -0.4 is 10.2 Å². The Hall–Kier alpha value is -2.37. The van der Waals surface area contributed by atoms with Gasteiger partial charge >= 0.3 is 0 Å². The van der Waals surface area contributed by atoms with Crippen LogP contribution in [0.1, 0.15) is 28.3 Å². The highest BCUT2D eigenvalue weighted by Gasteiger charge is 2.25. The molecule has 2 aromatic rings. The Morgan fingerprint density at radius 1 is 1.14 bits per heavy atom. The fraction of sp³-hybridized carbons (Fsp3) is 0.458. The number of hydrogen-bond donors (Lipinski definition) is 1. The van der Waals surface area contributed by atoms with Gasteiger partial charge in [-0.15, -0.1) is 0 Å². The maximum Gasteiger partial charge on any atom is 0.224 e. The number of morpholine rings is 1. The van der Waals surface area contributed by atoms with Gasteiger partial charge in [0.05, 0.1) is 25.7 Å². The number of anilines is 1. The summed E-state index contributed by atoms with van der Waals surface area (Å²) in [7, 11) is 2.15. The molecule has 0 saturated carbocycles. The molecule has 0 bridgehead atoms. The number of likely N-dealkylation sites (N-methyl/N-ethyl adjacent to an activating group) is 1. The quantitative estimate of drug-likeness (QED) is 0.820. The molecule has 0 unspecified atom stereocenters. The molecule has 154 valence electrons. The summed E-state index contributed by atoms with van der Waals surface area (Å²) in [6.45, 7) is 7.06. The molecule has 2 heterocycles. The van der Waals surface area contributed by atoms with E-state index in [-0.39, 0.29) is 11.9 Å². The van der Waals surface area contributed by atoms with Gasteiger partial charge in [0.15, 0.2) is 0 Å². The van der Waals surface area contributed by atoms with Crippen molar-refractivity contribution in [3.63, 3.8) is 0 Å². The molecule has 2 aliphatic rings. The number of amides is 1. The van der Waals surface area contributed by atoms with Crippen molar-refractivity contribution in [1.29, 1.82) is 0 Å². The van der Waals surface area contributed by atoms with E-state index in [0.717, 1.165) is 44.8 Å². The number of carbonyl (C=O) groups is 1. The van der Waals surface area contributed by atoms with Gasteiger partial charge in [0.25, 0.3) is 0 Å². The van der Waals surface area contributed by atoms with Gasteiger partial charge in [-0.3, -0.25) is 9.69 Å². The van der Waals surface area contributed by atoms with Crippen molar-refractivity contribution in [1.82, 2.24) is 10.2 Å². The molecule has 4 rings (SSSR count). The second kappa shape index (κ2) is 8.97. The van der Waals surface area contributed by atoms with Crippen LogP contribution in [-0.2, 0) is 22.4 Å². The highest BCUT2D eigenvalue weighted by Crippen LogP contribution is 2.31. The summed E-state index contributed by atoms with van der Waals surface area (Å²) in [6.07, 6.45) is 1.52. The van der Waals surface area contributed by atoms with Gasteiger partial charge in [0.2, 0.25) is 5.91 Å². The van der Waals surface area contributed by atoms with Gasteiger partial charge < -0.3 is 15.0 Å². The van der Waals surface area contributed by atoms with Crippen LogP contribution in [0.5, 0.6) is 0 Å². The zero-order valence-corrected chi connectivity index (χ0v) is 17.5. The van der Waals surface area contributed by atoms with E-state index in [1.54, 1.807) is 0 Å². The fourth-order valence-electron chi connectivity index (χ4n) is 4.42. The molecule has 1 saturated heterocycles. The normalized spacial score (nSPS) is 17.8. The van der Waals surface area contributed by atoms with Crippen LogP contribution in [0.4, 0.5) is 5.69 Å². The van der Waals surface area contributed by atoms with Gasteiger partial charge in [-0.25, -0.2) is 0 Å². The first-order chi connectivity index (χ1) is 14.1. The monoisotopic (exact) mass is 393 g/mol. The maximum atomic E-state index is 12.6. The minimum Gasteiger partial charge on any atom is -0.379 e. The molecule has 1 fully saturated rings. The number of fused-ring (bicyclic) bond motifs is 1. The number of carbonyl (C=O) groups excluding carboxylic acids is 1. The lowest BCUT2D eigenvalue weighted by Crippen LogP contribution is -2.44. The van der Waals surface area contributed by atoms with E-state index >= 15 is 0 Å². The van der Waals surface area contributed by atoms with Crippen molar-refractivity contribution in [2.24, 2.45) is 0 Å². The molecule has 2 aromatic carbocycles. The summed E-state index contributed by atoms with van der Waals surface area (Å²) in [5.41, 5.74) is 6.28. The highest BCUT2D eigenvalue weighted by molar-refractivity contribution is 5.78. The van der Waals surface area contributed by atoms with Crippen LogP contribution in [0.25, 0.3) is 0 Å². The van der Waals surface area contributed by atoms with E-state index < -0.39 is 0 Å². The standard InChI is InChI=1S/C24H31N3O2/c1-18-4-3-5-19(14-18)15-24(28)25-17-23(27-10-12-29-13-11-27)20-6-7-22-21(16-20)8-9-26(22)2/h3-7,14,16,23H,8-13,15,17H2,1-2H3,(H,25,28)/t23-/m1/s1. The van der Waals surface area contributed by atoms with Gasteiger partial charge in [0, 0.05) is 38.9 Å². The van der Waals surface area contributed by atoms with E-state index in [0.29, 0.717) is 13.0 Å². The molecule has 0 radical (unpaired) electrons. The van der Waals surface area contributed by atoms with Crippen LogP contribution in [-0.4, -0.2) is 57.2 Å². The van der Waals surface area contributed by atoms with Crippen molar-refractivity contribution in [2.45, 2.75) is 25.8 Å². The highest BCUT2D eigenvalue weighted by atomic mass is 16.5. The third-order valence-electron chi connectivity index (χ3n) is 6.04. The van der Waals surface area contributed by atoms with Gasteiger partial charge in [-0.1, -0.05) is 42.0 Å². The summed E-state index contributed by atoms with van der Waals surface area (Å²) >= 11 is 0. The lowest BCUT2D eigenvalue weighted by molar-refractivity contribution is -0.120. The van der Waals surface area contributed by atoms with E-state index in [1.807, 2.05) is 12.1 Å². The molecule has 5 heteroatoms. The molecule has 0 aliphatic carbocycles. The predicted molar refractivity (Wildman–Crippen MR) is 116 cm³/mol. The predicted octanol–water partition coefficient (Wildman–Crippen LogP) is 2.72. The first kappa shape index (κ1) is 19.9. The first-order valence-corrected chi connectivity index (χ1v) is 10.6. The lowest BCUT2D eigenvalue weighted by atomic mass is 10.00. The zero-order valence-electron chi connectivity index (χ0n) is 17.5. The third kappa shape index (κ3) is 4.80. The smallest absolute Gasteiger partial charge is 0.224 e. The molecule has 0 spiro atoms. The number of nitrogens with one attached hydrogen (secondary N) is 1. The Morgan fingerprint density at radius 3 is 2.76 bits per heavy atom. The molecule has 1 N–H and O–H groups in total. The Bertz CT molecular complexity index is 861. The number of rotatable bonds is 6. The number of benzene rings is 2. The lowest BCUT2D eigenvalue weighted by Gasteiger charge is -2.35. The second-order valence-electron chi connectivity index (χ2n) is 8.19. The molecular weight excluding hydrogens is 362 g/mol. The van der Waals surface area contributed by atoms with Crippen molar-refractivity contribution >= 4 is 11.6 Å². The van der Waals surface area contributed by atoms with E-state index in [9.17, 15) is 4.79 Å². The maximum absolute atomic E-state index is 12.6. The number of nitrogens with zero attached hydrogens (tertiary/aromatic N) is 2. The summed E-state index contributed by atoms with van der Waals surface area (Å²) in [5.74, 6) is 0.0785. The van der Waals surface area contributed by atoms with Crippen LogP contribution in [0.3, 0.4) is 0 Å². The Morgan fingerprint density at radius 2 is 1.97 bits per heavy atom. The molecular formula is C24H31N3O2. The van der Waals surface area contributed by atoms with E-state index in [1.165, 1.54) is 22.4 Å². The number of ether oxygens (including phenoxy) is 1. The van der Waals surface area contributed by atoms with Crippen molar-refractivity contribution < 1.29 is 9.53 Å². The summed E-state index contributed by atoms with van der Waals surface area (Å²) in [4.78, 5) is 17.4. The summed E-state index contributed by atoms with van der Waals surface area (Å²) in [6, 6.07) is 15.1. The van der Waals surface area contributed by atoms with Crippen LogP contribution in [0.15, 0.2) is 42.5 Å². The molecule has 1 amide bonds. The van der Waals surface area contributed by atoms with Crippen LogP contribution >= 0.6 is 0 Å². The topological polar surface area (TPSA) is 44.8 Å². The number of hydrogen-bond acceptors (Lipinski definition) is 4. The largest absolute Gasteiger partial charge is 0.379 e. The average molecular weight is 394 g/mol. The molecule has 29 heavy (non-hydrogen) atoms. The minimum absolute atomic E-state index is 0.0785. The van der Waals surface area contributed by atoms with Gasteiger partial charge in [-0.2, -0.15) is 0 Å². The third-order valence-corrected chi connectivity index (χ3v) is 6.04. The van der Waals surface area contributed by atoms with Crippen molar-refractivity contribution in [3.8, 4) is 0 Å². The fourth-order valence-corrected chi connectivity index (χ4v) is 4.42. The molecule has 2 aliphatic heterocycles. The van der Waals surface area contributed by atoms with Gasteiger partial charge in [-0.05, 0) is 36.1 Å². The SMILES string of the molecule is Cc1cccc(CC(=O)NC[C@H](c2ccc3c(c2)CCN3C)N2CCOCC2)c1. The van der Waals surface area contributed by atoms with E-state index in [4.69, 9.17) is 4.74 Å². The Labute approximate surface area is 173 Å². The van der Waals surface area contributed by atoms with Crippen LogP contribution in [0.2, 0.25) is 0 Å². The van der Waals surface area contributed by atoms with Crippen molar-refractivity contribution in [2.75, 3.05) is 51.3 Å². The average Bonchev–Trinajstić information content (AvgIpc) is 3.09. The summed E-state index contributed by atoms with van der Waals surface area (Å²) in [5, 5.41) is 3.19. The second-order valence-corrected chi connectivity index (χ2v) is 8.19. The zero-order chi connectivity index (χ0) is 20.2. The van der Waals surface area contributed by atoms with Gasteiger partial charge in [0.1, 0.15) is 0 Å². The molecule has 5 nitrogen and oxygen atoms in total. The molecule has 1 atom stereocenters. The van der Waals surface area contributed by atoms with E-state index in [2.05, 4.69) is 59.4 Å². The Balaban J connectivity index is 1.47.